The van der Waals surface area contributed by atoms with Crippen LogP contribution in [0.15, 0.2) is 42.5 Å². The van der Waals surface area contributed by atoms with Gasteiger partial charge in [0, 0.05) is 11.5 Å². The molecule has 1 aliphatic heterocycles. The normalized spacial score (nSPS) is 17.0. The lowest BCUT2D eigenvalue weighted by Crippen LogP contribution is -2.21. The second-order valence-electron chi connectivity index (χ2n) is 5.07. The first-order valence-electron chi connectivity index (χ1n) is 6.70. The molecule has 4 nitrogen and oxygen atoms in total. The molecular weight excluding hydrogens is 268 g/mol. The summed E-state index contributed by atoms with van der Waals surface area (Å²) in [7, 11) is 0. The lowest BCUT2D eigenvalue weighted by atomic mass is 9.84. The summed E-state index contributed by atoms with van der Waals surface area (Å²) < 4.78 is 5.19. The highest BCUT2D eigenvalue weighted by molar-refractivity contribution is 5.98. The van der Waals surface area contributed by atoms with Crippen LogP contribution in [0.2, 0.25) is 0 Å². The average molecular weight is 282 g/mol. The molecule has 4 heteroatoms. The predicted octanol–water partition coefficient (Wildman–Crippen LogP) is 3.04. The van der Waals surface area contributed by atoms with Gasteiger partial charge in [0.25, 0.3) is 0 Å². The Morgan fingerprint density at radius 2 is 1.90 bits per heavy atom. The first-order chi connectivity index (χ1) is 10.1. The van der Waals surface area contributed by atoms with Crippen LogP contribution >= 0.6 is 0 Å². The van der Waals surface area contributed by atoms with Crippen LogP contribution in [-0.4, -0.2) is 16.9 Å². The molecule has 0 aromatic heterocycles. The fraction of sp³-hybridized carbons (Fsp3) is 0.176. The maximum Gasteiger partial charge on any atom is 0.312 e. The van der Waals surface area contributed by atoms with Crippen molar-refractivity contribution in [3.63, 3.8) is 0 Å². The predicted molar refractivity (Wildman–Crippen MR) is 76.6 cm³/mol. The molecule has 3 rings (SSSR count). The second-order valence-corrected chi connectivity index (χ2v) is 5.07. The van der Waals surface area contributed by atoms with Crippen molar-refractivity contribution in [3.8, 4) is 11.5 Å². The van der Waals surface area contributed by atoms with Gasteiger partial charge in [0.05, 0.1) is 12.0 Å². The lowest BCUT2D eigenvalue weighted by molar-refractivity contribution is -0.135. The Balaban J connectivity index is 2.20. The number of phenolic OH excluding ortho intramolecular Hbond substituents is 1. The minimum Gasteiger partial charge on any atom is -0.507 e. The maximum atomic E-state index is 11.8. The van der Waals surface area contributed by atoms with Crippen molar-refractivity contribution >= 4 is 11.8 Å². The van der Waals surface area contributed by atoms with Crippen LogP contribution in [0.5, 0.6) is 11.5 Å². The minimum absolute atomic E-state index is 0.0960. The zero-order valence-electron chi connectivity index (χ0n) is 11.5. The molecule has 0 unspecified atom stereocenters. The van der Waals surface area contributed by atoms with Crippen LogP contribution in [0.1, 0.15) is 40.7 Å². The van der Waals surface area contributed by atoms with Gasteiger partial charge in [-0.15, -0.1) is 0 Å². The third-order valence-electron chi connectivity index (χ3n) is 3.70. The van der Waals surface area contributed by atoms with Crippen molar-refractivity contribution in [1.82, 2.24) is 0 Å². The number of hydrogen-bond acceptors (Lipinski definition) is 4. The van der Waals surface area contributed by atoms with Crippen molar-refractivity contribution in [2.45, 2.75) is 19.3 Å². The highest BCUT2D eigenvalue weighted by atomic mass is 16.5. The number of benzene rings is 2. The van der Waals surface area contributed by atoms with Crippen LogP contribution in [0.4, 0.5) is 0 Å². The summed E-state index contributed by atoms with van der Waals surface area (Å²) >= 11 is 0. The highest BCUT2D eigenvalue weighted by Crippen LogP contribution is 2.45. The van der Waals surface area contributed by atoms with Gasteiger partial charge >= 0.3 is 5.97 Å². The van der Waals surface area contributed by atoms with E-state index in [1.807, 2.05) is 30.3 Å². The smallest absolute Gasteiger partial charge is 0.312 e. The molecule has 0 bridgehead atoms. The number of esters is 1. The van der Waals surface area contributed by atoms with Crippen molar-refractivity contribution in [1.29, 1.82) is 0 Å². The molecule has 21 heavy (non-hydrogen) atoms. The fourth-order valence-electron chi connectivity index (χ4n) is 2.70. The molecule has 0 fully saturated rings. The van der Waals surface area contributed by atoms with E-state index >= 15 is 0 Å². The number of fused-ring (bicyclic) bond motifs is 1. The highest BCUT2D eigenvalue weighted by Gasteiger charge is 2.32. The lowest BCUT2D eigenvalue weighted by Gasteiger charge is -2.26. The van der Waals surface area contributed by atoms with E-state index in [0.717, 1.165) is 5.56 Å². The van der Waals surface area contributed by atoms with Gasteiger partial charge in [-0.2, -0.15) is 0 Å². The summed E-state index contributed by atoms with van der Waals surface area (Å²) in [6.45, 7) is 1.40. The molecule has 0 amide bonds. The van der Waals surface area contributed by atoms with E-state index < -0.39 is 0 Å². The van der Waals surface area contributed by atoms with Gasteiger partial charge in [0.1, 0.15) is 11.5 Å². The molecule has 0 spiro atoms. The molecule has 0 saturated heterocycles. The molecule has 106 valence electrons. The van der Waals surface area contributed by atoms with E-state index in [-0.39, 0.29) is 35.4 Å². The number of hydrogen-bond donors (Lipinski definition) is 1. The van der Waals surface area contributed by atoms with E-state index in [0.29, 0.717) is 11.3 Å². The number of ketones is 1. The summed E-state index contributed by atoms with van der Waals surface area (Å²) in [5.41, 5.74) is 1.66. The van der Waals surface area contributed by atoms with Crippen molar-refractivity contribution in [3.05, 3.63) is 59.2 Å². The van der Waals surface area contributed by atoms with Gasteiger partial charge in [0.2, 0.25) is 0 Å². The standard InChI is InChI=1S/C17H14O4/c1-10(18)12-7-8-14-16(17(12)20)13(9-15(19)21-14)11-5-3-2-4-6-11/h2-8,13,20H,9H2,1H3/t13-/m0/s1. The average Bonchev–Trinajstić information content (AvgIpc) is 2.47. The van der Waals surface area contributed by atoms with Gasteiger partial charge in [-0.3, -0.25) is 9.59 Å². The van der Waals surface area contributed by atoms with E-state index in [9.17, 15) is 14.7 Å². The van der Waals surface area contributed by atoms with E-state index in [2.05, 4.69) is 0 Å². The third kappa shape index (κ3) is 2.29. The van der Waals surface area contributed by atoms with E-state index in [4.69, 9.17) is 4.74 Å². The molecule has 0 saturated carbocycles. The Bertz CT molecular complexity index is 719. The Labute approximate surface area is 122 Å². The number of carbonyl (C=O) groups is 2. The fourth-order valence-corrected chi connectivity index (χ4v) is 2.70. The van der Waals surface area contributed by atoms with E-state index in [1.165, 1.54) is 13.0 Å². The maximum absolute atomic E-state index is 11.8. The topological polar surface area (TPSA) is 63.6 Å². The first-order valence-corrected chi connectivity index (χ1v) is 6.70. The zero-order valence-corrected chi connectivity index (χ0v) is 11.5. The molecule has 1 aliphatic rings. The van der Waals surface area contributed by atoms with Crippen LogP contribution in [0, 0.1) is 0 Å². The molecule has 0 aliphatic carbocycles. The van der Waals surface area contributed by atoms with Crippen LogP contribution in [0.3, 0.4) is 0 Å². The summed E-state index contributed by atoms with van der Waals surface area (Å²) in [5.74, 6) is -0.643. The number of ether oxygens (including phenoxy) is 1. The molecule has 1 atom stereocenters. The Morgan fingerprint density at radius 3 is 2.57 bits per heavy atom. The van der Waals surface area contributed by atoms with Gasteiger partial charge in [0.15, 0.2) is 5.78 Å². The molecule has 1 N–H and O–H groups in total. The largest absolute Gasteiger partial charge is 0.507 e. The quantitative estimate of drug-likeness (QED) is 0.522. The SMILES string of the molecule is CC(=O)c1ccc2c(c1O)[C@H](c1ccccc1)CC(=O)O2. The minimum atomic E-state index is -0.341. The monoisotopic (exact) mass is 282 g/mol. The number of Topliss-reactive ketones (excluding diaryl/α,β-unsaturated/α-hetero) is 1. The van der Waals surface area contributed by atoms with Crippen LogP contribution in [0.25, 0.3) is 0 Å². The number of aromatic hydroxyl groups is 1. The third-order valence-corrected chi connectivity index (χ3v) is 3.70. The zero-order chi connectivity index (χ0) is 15.0. The number of carbonyl (C=O) groups excluding carboxylic acids is 2. The Hall–Kier alpha value is -2.62. The number of rotatable bonds is 2. The molecule has 1 heterocycles. The van der Waals surface area contributed by atoms with Crippen molar-refractivity contribution in [2.75, 3.05) is 0 Å². The van der Waals surface area contributed by atoms with Gasteiger partial charge in [-0.1, -0.05) is 30.3 Å². The van der Waals surface area contributed by atoms with E-state index in [1.54, 1.807) is 6.07 Å². The summed E-state index contributed by atoms with van der Waals surface area (Å²) in [6.07, 6.45) is 0.145. The second kappa shape index (κ2) is 5.05. The van der Waals surface area contributed by atoms with Crippen LogP contribution < -0.4 is 4.74 Å². The van der Waals surface area contributed by atoms with Gasteiger partial charge in [-0.05, 0) is 24.6 Å². The summed E-state index contributed by atoms with van der Waals surface area (Å²) in [5, 5.41) is 10.4. The van der Waals surface area contributed by atoms with Gasteiger partial charge in [-0.25, -0.2) is 0 Å². The number of phenols is 1. The van der Waals surface area contributed by atoms with Crippen molar-refractivity contribution < 1.29 is 19.4 Å². The summed E-state index contributed by atoms with van der Waals surface area (Å²) in [4.78, 5) is 23.4. The molecule has 2 aromatic carbocycles. The van der Waals surface area contributed by atoms with Gasteiger partial charge < -0.3 is 9.84 Å². The first kappa shape index (κ1) is 13.4. The Morgan fingerprint density at radius 1 is 1.19 bits per heavy atom. The Kier molecular flexibility index (Phi) is 3.22. The van der Waals surface area contributed by atoms with Crippen molar-refractivity contribution in [2.24, 2.45) is 0 Å². The molecular formula is C17H14O4. The van der Waals surface area contributed by atoms with Crippen LogP contribution in [-0.2, 0) is 4.79 Å². The molecule has 0 radical (unpaired) electrons. The summed E-state index contributed by atoms with van der Waals surface area (Å²) in [6, 6.07) is 12.5. The molecule has 2 aromatic rings.